The highest BCUT2D eigenvalue weighted by Crippen LogP contribution is 2.29. The third-order valence-corrected chi connectivity index (χ3v) is 4.83. The van der Waals surface area contributed by atoms with Gasteiger partial charge in [-0.3, -0.25) is 0 Å². The minimum absolute atomic E-state index is 1.00. The summed E-state index contributed by atoms with van der Waals surface area (Å²) in [5.74, 6) is 2.08. The maximum absolute atomic E-state index is 2.44. The van der Waals surface area contributed by atoms with E-state index >= 15 is 0 Å². The van der Waals surface area contributed by atoms with Gasteiger partial charge in [-0.2, -0.15) is 0 Å². The molecule has 0 bridgehead atoms. The summed E-state index contributed by atoms with van der Waals surface area (Å²) in [7, 11) is 0. The van der Waals surface area contributed by atoms with Crippen molar-refractivity contribution in [2.24, 2.45) is 11.8 Å². The van der Waals surface area contributed by atoms with Gasteiger partial charge in [0.15, 0.2) is 0 Å². The number of unbranched alkanes of at least 4 members (excludes halogenated alkanes) is 6. The molecule has 1 rings (SSSR count). The molecule has 0 nitrogen and oxygen atoms in total. The Morgan fingerprint density at radius 2 is 1.28 bits per heavy atom. The quantitative estimate of drug-likeness (QED) is 0.420. The Balaban J connectivity index is 1.94. The summed E-state index contributed by atoms with van der Waals surface area (Å²) in [5.41, 5.74) is 0. The van der Waals surface area contributed by atoms with Crippen LogP contribution in [0.5, 0.6) is 0 Å². The second-order valence-corrected chi connectivity index (χ2v) is 6.74. The number of hydrogen-bond acceptors (Lipinski definition) is 0. The lowest BCUT2D eigenvalue weighted by molar-refractivity contribution is 0.310. The molecule has 0 saturated heterocycles. The highest BCUT2D eigenvalue weighted by Gasteiger charge is 2.13. The monoisotopic (exact) mass is 252 g/mol. The van der Waals surface area contributed by atoms with Crippen molar-refractivity contribution in [3.05, 3.63) is 0 Å². The van der Waals surface area contributed by atoms with Crippen LogP contribution in [0.15, 0.2) is 0 Å². The third kappa shape index (κ3) is 8.16. The molecule has 0 spiro atoms. The molecular weight excluding hydrogens is 216 g/mol. The van der Waals surface area contributed by atoms with E-state index in [-0.39, 0.29) is 0 Å². The van der Waals surface area contributed by atoms with Crippen molar-refractivity contribution in [2.75, 3.05) is 0 Å². The van der Waals surface area contributed by atoms with Gasteiger partial charge in [-0.15, -0.1) is 0 Å². The maximum Gasteiger partial charge on any atom is -0.0414 e. The molecule has 0 radical (unpaired) electrons. The smallest absolute Gasteiger partial charge is 0.0414 e. The summed E-state index contributed by atoms with van der Waals surface area (Å²) < 4.78 is 0. The zero-order valence-electron chi connectivity index (χ0n) is 13.1. The molecule has 0 aromatic heterocycles. The van der Waals surface area contributed by atoms with Gasteiger partial charge in [0.05, 0.1) is 0 Å². The molecule has 0 heterocycles. The van der Waals surface area contributed by atoms with Crippen molar-refractivity contribution in [2.45, 2.75) is 104 Å². The Kier molecular flexibility index (Phi) is 9.70. The van der Waals surface area contributed by atoms with Gasteiger partial charge in [0, 0.05) is 0 Å². The first kappa shape index (κ1) is 16.1. The van der Waals surface area contributed by atoms with Gasteiger partial charge < -0.3 is 0 Å². The summed E-state index contributed by atoms with van der Waals surface area (Å²) in [6.07, 6.45) is 20.8. The van der Waals surface area contributed by atoms with Crippen LogP contribution < -0.4 is 0 Å². The first-order valence-corrected chi connectivity index (χ1v) is 8.83. The molecule has 0 aliphatic heterocycles. The Labute approximate surface area is 116 Å². The van der Waals surface area contributed by atoms with E-state index in [4.69, 9.17) is 0 Å². The van der Waals surface area contributed by atoms with Gasteiger partial charge in [-0.25, -0.2) is 0 Å². The highest BCUT2D eigenvalue weighted by atomic mass is 14.2. The normalized spacial score (nSPS) is 25.7. The zero-order valence-corrected chi connectivity index (χ0v) is 13.1. The van der Waals surface area contributed by atoms with Crippen LogP contribution in [0.3, 0.4) is 0 Å². The fourth-order valence-electron chi connectivity index (χ4n) is 3.48. The zero-order chi connectivity index (χ0) is 13.1. The standard InChI is InChI=1S/C18H36/c1-3-4-5-6-7-8-9-14-18-15-10-12-17(2)13-11-16-18/h17-18H,3-16H2,1-2H3. The average molecular weight is 252 g/mol. The topological polar surface area (TPSA) is 0 Å². The Morgan fingerprint density at radius 1 is 0.722 bits per heavy atom. The molecule has 108 valence electrons. The first-order chi connectivity index (χ1) is 8.83. The number of hydrogen-bond donors (Lipinski definition) is 0. The van der Waals surface area contributed by atoms with E-state index in [1.807, 2.05) is 0 Å². The van der Waals surface area contributed by atoms with E-state index in [0.717, 1.165) is 11.8 Å². The van der Waals surface area contributed by atoms with Crippen LogP contribution in [0.4, 0.5) is 0 Å². The second kappa shape index (κ2) is 10.9. The van der Waals surface area contributed by atoms with Crippen molar-refractivity contribution >= 4 is 0 Å². The summed E-state index contributed by atoms with van der Waals surface area (Å²) in [6, 6.07) is 0. The lowest BCUT2D eigenvalue weighted by Gasteiger charge is -2.22. The van der Waals surface area contributed by atoms with Gasteiger partial charge in [0.1, 0.15) is 0 Å². The maximum atomic E-state index is 2.44. The fraction of sp³-hybridized carbons (Fsp3) is 1.00. The van der Waals surface area contributed by atoms with E-state index in [1.165, 1.54) is 89.9 Å². The van der Waals surface area contributed by atoms with Crippen LogP contribution in [0.25, 0.3) is 0 Å². The van der Waals surface area contributed by atoms with Crippen LogP contribution in [-0.2, 0) is 0 Å². The molecule has 0 heteroatoms. The van der Waals surface area contributed by atoms with E-state index in [1.54, 1.807) is 0 Å². The van der Waals surface area contributed by atoms with Gasteiger partial charge in [-0.05, 0) is 11.8 Å². The summed E-state index contributed by atoms with van der Waals surface area (Å²) >= 11 is 0. The summed E-state index contributed by atoms with van der Waals surface area (Å²) in [5, 5.41) is 0. The first-order valence-electron chi connectivity index (χ1n) is 8.83. The van der Waals surface area contributed by atoms with Gasteiger partial charge in [0.25, 0.3) is 0 Å². The van der Waals surface area contributed by atoms with Crippen LogP contribution in [0.1, 0.15) is 104 Å². The average Bonchev–Trinajstić information content (AvgIpc) is 2.34. The predicted molar refractivity (Wildman–Crippen MR) is 83.0 cm³/mol. The largest absolute Gasteiger partial charge is 0.0654 e. The molecular formula is C18H36. The molecule has 0 aromatic rings. The van der Waals surface area contributed by atoms with Crippen LogP contribution in [0.2, 0.25) is 0 Å². The molecule has 1 aliphatic carbocycles. The molecule has 18 heavy (non-hydrogen) atoms. The van der Waals surface area contributed by atoms with E-state index < -0.39 is 0 Å². The van der Waals surface area contributed by atoms with Gasteiger partial charge in [0.2, 0.25) is 0 Å². The Hall–Kier alpha value is 0. The van der Waals surface area contributed by atoms with Gasteiger partial charge in [-0.1, -0.05) is 104 Å². The molecule has 0 atom stereocenters. The van der Waals surface area contributed by atoms with Crippen molar-refractivity contribution < 1.29 is 0 Å². The highest BCUT2D eigenvalue weighted by molar-refractivity contribution is 4.66. The Bertz CT molecular complexity index is 163. The predicted octanol–water partition coefficient (Wildman–Crippen LogP) is 6.73. The molecule has 1 fully saturated rings. The second-order valence-electron chi connectivity index (χ2n) is 6.74. The van der Waals surface area contributed by atoms with Crippen LogP contribution in [0, 0.1) is 11.8 Å². The van der Waals surface area contributed by atoms with E-state index in [2.05, 4.69) is 13.8 Å². The molecule has 0 unspecified atom stereocenters. The Morgan fingerprint density at radius 3 is 1.89 bits per heavy atom. The van der Waals surface area contributed by atoms with Crippen molar-refractivity contribution in [3.63, 3.8) is 0 Å². The summed E-state index contributed by atoms with van der Waals surface area (Å²) in [4.78, 5) is 0. The molecule has 1 saturated carbocycles. The minimum Gasteiger partial charge on any atom is -0.0654 e. The minimum atomic E-state index is 1.00. The van der Waals surface area contributed by atoms with Crippen molar-refractivity contribution in [1.82, 2.24) is 0 Å². The van der Waals surface area contributed by atoms with E-state index in [9.17, 15) is 0 Å². The van der Waals surface area contributed by atoms with E-state index in [0.29, 0.717) is 0 Å². The van der Waals surface area contributed by atoms with Crippen LogP contribution >= 0.6 is 0 Å². The third-order valence-electron chi connectivity index (χ3n) is 4.83. The van der Waals surface area contributed by atoms with Crippen molar-refractivity contribution in [3.8, 4) is 0 Å². The number of rotatable bonds is 8. The van der Waals surface area contributed by atoms with Gasteiger partial charge >= 0.3 is 0 Å². The van der Waals surface area contributed by atoms with Crippen molar-refractivity contribution in [1.29, 1.82) is 0 Å². The molecule has 0 amide bonds. The summed E-state index contributed by atoms with van der Waals surface area (Å²) in [6.45, 7) is 4.74. The fourth-order valence-corrected chi connectivity index (χ4v) is 3.48. The lowest BCUT2D eigenvalue weighted by Crippen LogP contribution is -2.07. The molecule has 1 aliphatic rings. The molecule has 0 N–H and O–H groups in total. The SMILES string of the molecule is CCCCCCCCCC1CCCC(C)CCC1. The van der Waals surface area contributed by atoms with Crippen LogP contribution in [-0.4, -0.2) is 0 Å². The lowest BCUT2D eigenvalue weighted by atomic mass is 9.84. The molecule has 0 aromatic carbocycles.